The number of amides is 2. The van der Waals surface area contributed by atoms with E-state index >= 15 is 0 Å². The van der Waals surface area contributed by atoms with E-state index in [1.54, 1.807) is 30.3 Å². The van der Waals surface area contributed by atoms with E-state index in [0.29, 0.717) is 23.8 Å². The molecule has 2 amide bonds. The Labute approximate surface area is 140 Å². The lowest BCUT2D eigenvalue weighted by molar-refractivity contribution is -0.150. The number of fused-ring (bicyclic) bond motifs is 2. The summed E-state index contributed by atoms with van der Waals surface area (Å²) in [5.74, 6) is 0.540. The molecule has 2 fully saturated rings. The van der Waals surface area contributed by atoms with Crippen molar-refractivity contribution in [2.24, 2.45) is 17.8 Å². The maximum atomic E-state index is 11.8. The van der Waals surface area contributed by atoms with Crippen LogP contribution in [-0.4, -0.2) is 24.4 Å². The number of nitrogens with one attached hydrogen (secondary N) is 2. The van der Waals surface area contributed by atoms with Gasteiger partial charge in [-0.1, -0.05) is 24.6 Å². The number of ether oxygens (including phenoxy) is 1. The number of rotatable bonds is 5. The maximum absolute atomic E-state index is 11.8. The topological polar surface area (TPSA) is 84.5 Å². The number of hydrazine groups is 1. The lowest BCUT2D eigenvalue weighted by atomic mass is 9.86. The molecule has 0 aromatic heterocycles. The summed E-state index contributed by atoms with van der Waals surface area (Å²) in [7, 11) is 0. The summed E-state index contributed by atoms with van der Waals surface area (Å²) in [4.78, 5) is 35.3. The molecule has 6 heteroatoms. The van der Waals surface area contributed by atoms with Gasteiger partial charge >= 0.3 is 5.97 Å². The van der Waals surface area contributed by atoms with Crippen LogP contribution in [0.1, 0.15) is 42.5 Å². The Bertz CT molecular complexity index is 617. The van der Waals surface area contributed by atoms with E-state index in [9.17, 15) is 14.4 Å². The number of carbonyl (C=O) groups is 3. The Kier molecular flexibility index (Phi) is 5.13. The van der Waals surface area contributed by atoms with Crippen LogP contribution in [-0.2, 0) is 14.3 Å². The average Bonchev–Trinajstić information content (AvgIpc) is 3.21. The minimum absolute atomic E-state index is 0.336. The van der Waals surface area contributed by atoms with E-state index < -0.39 is 11.8 Å². The summed E-state index contributed by atoms with van der Waals surface area (Å²) in [6, 6.07) is 8.53. The maximum Gasteiger partial charge on any atom is 0.306 e. The van der Waals surface area contributed by atoms with Crippen LogP contribution in [0.3, 0.4) is 0 Å². The summed E-state index contributed by atoms with van der Waals surface area (Å²) in [6.45, 7) is -0.380. The van der Waals surface area contributed by atoms with Crippen LogP contribution in [0, 0.1) is 17.8 Å². The summed E-state index contributed by atoms with van der Waals surface area (Å²) >= 11 is 0. The molecule has 0 heterocycles. The van der Waals surface area contributed by atoms with Gasteiger partial charge in [-0.25, -0.2) is 0 Å². The highest BCUT2D eigenvalue weighted by Crippen LogP contribution is 2.49. The van der Waals surface area contributed by atoms with Crippen molar-refractivity contribution in [2.75, 3.05) is 6.61 Å². The number of benzene rings is 1. The summed E-state index contributed by atoms with van der Waals surface area (Å²) < 4.78 is 5.01. The highest BCUT2D eigenvalue weighted by molar-refractivity contribution is 5.95. The van der Waals surface area contributed by atoms with Crippen LogP contribution in [0.25, 0.3) is 0 Å². The Morgan fingerprint density at radius 1 is 1.04 bits per heavy atom. The zero-order valence-electron chi connectivity index (χ0n) is 13.5. The summed E-state index contributed by atoms with van der Waals surface area (Å²) in [5.41, 5.74) is 4.97. The molecule has 0 radical (unpaired) electrons. The van der Waals surface area contributed by atoms with Crippen molar-refractivity contribution in [3.8, 4) is 0 Å². The minimum Gasteiger partial charge on any atom is -0.455 e. The summed E-state index contributed by atoms with van der Waals surface area (Å²) in [5, 5.41) is 0. The first kappa shape index (κ1) is 16.5. The predicted octanol–water partition coefficient (Wildman–Crippen LogP) is 1.82. The molecule has 3 rings (SSSR count). The smallest absolute Gasteiger partial charge is 0.306 e. The molecule has 3 atom stereocenters. The van der Waals surface area contributed by atoms with Crippen LogP contribution in [0.2, 0.25) is 0 Å². The van der Waals surface area contributed by atoms with E-state index in [0.717, 1.165) is 12.3 Å². The van der Waals surface area contributed by atoms with E-state index in [2.05, 4.69) is 10.9 Å². The third-order valence-corrected chi connectivity index (χ3v) is 5.03. The van der Waals surface area contributed by atoms with Gasteiger partial charge in [0.15, 0.2) is 6.61 Å². The third kappa shape index (κ3) is 4.13. The van der Waals surface area contributed by atoms with Gasteiger partial charge in [-0.2, -0.15) is 0 Å². The Morgan fingerprint density at radius 3 is 2.50 bits per heavy atom. The van der Waals surface area contributed by atoms with Crippen molar-refractivity contribution in [3.63, 3.8) is 0 Å². The predicted molar refractivity (Wildman–Crippen MR) is 86.6 cm³/mol. The van der Waals surface area contributed by atoms with Gasteiger partial charge in [0.2, 0.25) is 0 Å². The number of carbonyl (C=O) groups excluding carboxylic acids is 3. The van der Waals surface area contributed by atoms with E-state index in [1.165, 1.54) is 19.3 Å². The van der Waals surface area contributed by atoms with Crippen molar-refractivity contribution < 1.29 is 19.1 Å². The lowest BCUT2D eigenvalue weighted by Crippen LogP contribution is -2.43. The van der Waals surface area contributed by atoms with Crippen LogP contribution in [0.4, 0.5) is 0 Å². The van der Waals surface area contributed by atoms with E-state index in [4.69, 9.17) is 4.74 Å². The van der Waals surface area contributed by atoms with Crippen LogP contribution in [0.5, 0.6) is 0 Å². The van der Waals surface area contributed by atoms with Crippen LogP contribution >= 0.6 is 0 Å². The highest BCUT2D eigenvalue weighted by Gasteiger charge is 2.40. The standard InChI is InChI=1S/C18H22N2O4/c21-16(19-20-18(23)13-4-2-1-3-5-13)11-24-17(22)10-15-9-12-6-7-14(15)8-12/h1-5,12,14-15H,6-11H2,(H,19,21)(H,20,23)/t12-,14-,15+/m1/s1. The second-order valence-electron chi connectivity index (χ2n) is 6.67. The zero-order chi connectivity index (χ0) is 16.9. The monoisotopic (exact) mass is 330 g/mol. The van der Waals surface area contributed by atoms with Gasteiger partial charge in [0, 0.05) is 12.0 Å². The van der Waals surface area contributed by atoms with E-state index in [-0.39, 0.29) is 12.6 Å². The Hall–Kier alpha value is -2.37. The molecule has 0 spiro atoms. The molecule has 0 saturated heterocycles. The molecule has 1 aromatic carbocycles. The third-order valence-electron chi connectivity index (χ3n) is 5.03. The van der Waals surface area contributed by atoms with Crippen molar-refractivity contribution in [1.29, 1.82) is 0 Å². The molecular formula is C18H22N2O4. The largest absolute Gasteiger partial charge is 0.455 e. The number of hydrogen-bond donors (Lipinski definition) is 2. The fourth-order valence-electron chi connectivity index (χ4n) is 3.87. The first-order chi connectivity index (χ1) is 11.6. The lowest BCUT2D eigenvalue weighted by Gasteiger charge is -2.20. The first-order valence-corrected chi connectivity index (χ1v) is 8.41. The average molecular weight is 330 g/mol. The fourth-order valence-corrected chi connectivity index (χ4v) is 3.87. The Morgan fingerprint density at radius 2 is 1.83 bits per heavy atom. The van der Waals surface area contributed by atoms with Gasteiger partial charge in [-0.15, -0.1) is 0 Å². The molecule has 128 valence electrons. The molecule has 0 unspecified atom stereocenters. The molecule has 24 heavy (non-hydrogen) atoms. The first-order valence-electron chi connectivity index (χ1n) is 8.41. The normalized spacial score (nSPS) is 24.4. The molecule has 1 aromatic rings. The van der Waals surface area contributed by atoms with Crippen molar-refractivity contribution in [1.82, 2.24) is 10.9 Å². The zero-order valence-corrected chi connectivity index (χ0v) is 13.5. The highest BCUT2D eigenvalue weighted by atomic mass is 16.5. The van der Waals surface area contributed by atoms with Gasteiger partial charge in [0.25, 0.3) is 11.8 Å². The molecule has 2 saturated carbocycles. The van der Waals surface area contributed by atoms with Gasteiger partial charge in [0.05, 0.1) is 0 Å². The minimum atomic E-state index is -0.555. The van der Waals surface area contributed by atoms with Crippen LogP contribution < -0.4 is 10.9 Å². The second kappa shape index (κ2) is 7.47. The SMILES string of the molecule is O=C(COC(=O)C[C@@H]1C[C@@H]2CC[C@@H]1C2)NNC(=O)c1ccccc1. The molecule has 2 bridgehead atoms. The van der Waals surface area contributed by atoms with Crippen molar-refractivity contribution in [2.45, 2.75) is 32.1 Å². The molecule has 2 aliphatic carbocycles. The van der Waals surface area contributed by atoms with Crippen molar-refractivity contribution in [3.05, 3.63) is 35.9 Å². The fraction of sp³-hybridized carbons (Fsp3) is 0.500. The molecule has 6 nitrogen and oxygen atoms in total. The van der Waals surface area contributed by atoms with Gasteiger partial charge in [-0.05, 0) is 49.1 Å². The molecule has 2 N–H and O–H groups in total. The quantitative estimate of drug-likeness (QED) is 0.637. The van der Waals surface area contributed by atoms with Gasteiger partial charge in [0.1, 0.15) is 0 Å². The number of esters is 1. The van der Waals surface area contributed by atoms with Crippen molar-refractivity contribution >= 4 is 17.8 Å². The van der Waals surface area contributed by atoms with Gasteiger partial charge in [-0.3, -0.25) is 25.2 Å². The summed E-state index contributed by atoms with van der Waals surface area (Å²) in [6.07, 6.45) is 5.25. The Balaban J connectivity index is 1.33. The van der Waals surface area contributed by atoms with Gasteiger partial charge < -0.3 is 4.74 Å². The number of hydrogen-bond acceptors (Lipinski definition) is 4. The molecule has 0 aliphatic heterocycles. The molecule has 2 aliphatic rings. The molecular weight excluding hydrogens is 308 g/mol. The second-order valence-corrected chi connectivity index (χ2v) is 6.67. The van der Waals surface area contributed by atoms with E-state index in [1.807, 2.05) is 0 Å². The van der Waals surface area contributed by atoms with Crippen LogP contribution in [0.15, 0.2) is 30.3 Å².